The molecule has 1 N–H and O–H groups in total. The molecule has 0 radical (unpaired) electrons. The third-order valence-corrected chi connectivity index (χ3v) is 6.26. The summed E-state index contributed by atoms with van der Waals surface area (Å²) in [4.78, 5) is 38.2. The summed E-state index contributed by atoms with van der Waals surface area (Å²) in [6.45, 7) is 1.58. The van der Waals surface area contributed by atoms with Crippen molar-refractivity contribution in [2.45, 2.75) is 24.8 Å². The Morgan fingerprint density at radius 2 is 2.22 bits per heavy atom. The fourth-order valence-corrected chi connectivity index (χ4v) is 4.86. The number of thiophene rings is 1. The number of carboxylic acid groups (broad SMARTS) is 1. The molecule has 0 spiro atoms. The first kappa shape index (κ1) is 22.4. The predicted molar refractivity (Wildman–Crippen MR) is 99.3 cm³/mol. The van der Waals surface area contributed by atoms with E-state index in [2.05, 4.69) is 5.32 Å². The summed E-state index contributed by atoms with van der Waals surface area (Å²) in [5.41, 5.74) is 0.255. The second-order valence-electron chi connectivity index (χ2n) is 5.73. The number of β-lactam (4-membered cyclic amide) rings is 1. The number of nitrogens with one attached hydrogen (secondary N) is 1. The molecule has 2 aliphatic heterocycles. The summed E-state index contributed by atoms with van der Waals surface area (Å²) in [6, 6.07) is 2.95. The number of ether oxygens (including phenoxy) is 1. The van der Waals surface area contributed by atoms with Crippen molar-refractivity contribution in [1.29, 1.82) is 0 Å². The molecule has 1 aromatic heterocycles. The molecule has 0 aliphatic carbocycles. The number of amides is 2. The average Bonchev–Trinajstić information content (AvgIpc) is 3.09. The van der Waals surface area contributed by atoms with Gasteiger partial charge in [0.2, 0.25) is 5.91 Å². The minimum Gasteiger partial charge on any atom is -0.543 e. The maximum Gasteiger partial charge on any atom is 1.00 e. The van der Waals surface area contributed by atoms with Gasteiger partial charge < -0.3 is 20.0 Å². The Morgan fingerprint density at radius 1 is 1.48 bits per heavy atom. The Balaban J connectivity index is 0.00000261. The molecular formula is C16H15N2NaO5S3. The topological polar surface area (TPSA) is 98.8 Å². The number of carbonyl (C=O) groups excluding carboxylic acids is 3. The summed E-state index contributed by atoms with van der Waals surface area (Å²) in [5, 5.41) is 15.9. The number of nitrogens with zero attached hydrogens (tertiary/aromatic N) is 1. The summed E-state index contributed by atoms with van der Waals surface area (Å²) < 4.78 is 5.22. The van der Waals surface area contributed by atoms with Crippen LogP contribution < -0.4 is 40.0 Å². The fourth-order valence-electron chi connectivity index (χ4n) is 2.77. The zero-order valence-corrected chi connectivity index (χ0v) is 19.2. The molecule has 11 heteroatoms. The van der Waals surface area contributed by atoms with E-state index in [0.717, 1.165) is 9.78 Å². The van der Waals surface area contributed by atoms with Gasteiger partial charge in [-0.2, -0.15) is 0 Å². The number of hydrogen-bond acceptors (Lipinski definition) is 8. The molecule has 1 aromatic rings. The van der Waals surface area contributed by atoms with E-state index in [4.69, 9.17) is 17.0 Å². The van der Waals surface area contributed by atoms with Gasteiger partial charge in [-0.1, -0.05) is 6.07 Å². The Labute approximate surface area is 191 Å². The summed E-state index contributed by atoms with van der Waals surface area (Å²) >= 11 is 7.67. The fraction of sp³-hybridized carbons (Fsp3) is 0.375. The number of rotatable bonds is 6. The van der Waals surface area contributed by atoms with Crippen LogP contribution in [0.5, 0.6) is 0 Å². The number of hydrogen-bond donors (Lipinski definition) is 1. The maximum atomic E-state index is 12.4. The van der Waals surface area contributed by atoms with Gasteiger partial charge in [0, 0.05) is 23.1 Å². The minimum absolute atomic E-state index is 0. The van der Waals surface area contributed by atoms with E-state index in [9.17, 15) is 19.5 Å². The average molecular weight is 434 g/mol. The van der Waals surface area contributed by atoms with Crippen molar-refractivity contribution in [2.75, 3.05) is 12.4 Å². The standard InChI is InChI=1S/C16H16N2O5S3.Na/c1-8(24)23-6-9-7-26-15-12(14(20)18(15)13(9)16(21)22)17-11(19)5-10-3-2-4-25-10;/h2-4,12,15H,5-7H2,1H3,(H,17,19)(H,21,22);/q;+1/p-1/t12?,15-;/m1./s1. The van der Waals surface area contributed by atoms with Gasteiger partial charge in [0.05, 0.1) is 18.1 Å². The van der Waals surface area contributed by atoms with Gasteiger partial charge in [-0.15, -0.1) is 23.1 Å². The van der Waals surface area contributed by atoms with Crippen LogP contribution in [0.15, 0.2) is 28.8 Å². The van der Waals surface area contributed by atoms with Crippen LogP contribution in [-0.2, 0) is 25.5 Å². The Bertz CT molecular complexity index is 796. The van der Waals surface area contributed by atoms with E-state index in [-0.39, 0.29) is 59.2 Å². The molecule has 2 amide bonds. The van der Waals surface area contributed by atoms with Crippen molar-refractivity contribution in [3.8, 4) is 0 Å². The van der Waals surface area contributed by atoms with E-state index < -0.39 is 23.3 Å². The smallest absolute Gasteiger partial charge is 0.543 e. The third-order valence-electron chi connectivity index (χ3n) is 3.92. The molecule has 27 heavy (non-hydrogen) atoms. The summed E-state index contributed by atoms with van der Waals surface area (Å²) in [6.07, 6.45) is 0.190. The second-order valence-corrected chi connectivity index (χ2v) is 8.44. The summed E-state index contributed by atoms with van der Waals surface area (Å²) in [5.74, 6) is -1.81. The molecular weight excluding hydrogens is 419 g/mol. The van der Waals surface area contributed by atoms with Crippen LogP contribution in [0.1, 0.15) is 11.8 Å². The van der Waals surface area contributed by atoms with Gasteiger partial charge in [0.1, 0.15) is 18.0 Å². The molecule has 138 valence electrons. The van der Waals surface area contributed by atoms with Crippen molar-refractivity contribution < 1.29 is 53.8 Å². The molecule has 2 atom stereocenters. The molecule has 1 unspecified atom stereocenters. The van der Waals surface area contributed by atoms with Gasteiger partial charge in [0.25, 0.3) is 5.91 Å². The van der Waals surface area contributed by atoms with Gasteiger partial charge in [0.15, 0.2) is 5.05 Å². The number of aliphatic carboxylic acids is 1. The molecule has 0 bridgehead atoms. The Kier molecular flexibility index (Phi) is 7.90. The van der Waals surface area contributed by atoms with Gasteiger partial charge in [-0.25, -0.2) is 0 Å². The first-order valence-electron chi connectivity index (χ1n) is 7.71. The van der Waals surface area contributed by atoms with E-state index in [1.54, 1.807) is 6.92 Å². The molecule has 0 aromatic carbocycles. The van der Waals surface area contributed by atoms with E-state index >= 15 is 0 Å². The second kappa shape index (κ2) is 9.53. The Hall–Kier alpha value is -0.910. The van der Waals surface area contributed by atoms with Crippen LogP contribution in [0.25, 0.3) is 0 Å². The van der Waals surface area contributed by atoms with E-state index in [0.29, 0.717) is 11.3 Å². The van der Waals surface area contributed by atoms with Crippen molar-refractivity contribution in [1.82, 2.24) is 10.2 Å². The first-order valence-corrected chi connectivity index (χ1v) is 10.0. The molecule has 0 saturated carbocycles. The van der Waals surface area contributed by atoms with Gasteiger partial charge in [-0.05, 0) is 23.7 Å². The first-order chi connectivity index (χ1) is 12.4. The SMILES string of the molecule is CC(=S)OCC1=C(C(=O)[O-])N2C(=O)C(NC(=O)Cc3cccs3)[C@H]2SC1.[Na+]. The third kappa shape index (κ3) is 4.93. The number of carbonyl (C=O) groups is 3. The number of carboxylic acids is 1. The largest absolute Gasteiger partial charge is 1.00 e. The number of thiocarbonyl (C=S) groups is 1. The Morgan fingerprint density at radius 3 is 2.81 bits per heavy atom. The number of thioether (sulfide) groups is 1. The van der Waals surface area contributed by atoms with Crippen molar-refractivity contribution in [2.24, 2.45) is 0 Å². The van der Waals surface area contributed by atoms with Crippen molar-refractivity contribution in [3.05, 3.63) is 33.7 Å². The monoisotopic (exact) mass is 434 g/mol. The molecule has 3 heterocycles. The van der Waals surface area contributed by atoms with Crippen molar-refractivity contribution in [3.63, 3.8) is 0 Å². The predicted octanol–water partition coefficient (Wildman–Crippen LogP) is -2.94. The van der Waals surface area contributed by atoms with Crippen LogP contribution >= 0.6 is 35.3 Å². The van der Waals surface area contributed by atoms with Crippen LogP contribution in [0.2, 0.25) is 0 Å². The van der Waals surface area contributed by atoms with Crippen molar-refractivity contribution >= 4 is 58.2 Å². The number of fused-ring (bicyclic) bond motifs is 1. The quantitative estimate of drug-likeness (QED) is 0.291. The van der Waals surface area contributed by atoms with E-state index in [1.165, 1.54) is 23.1 Å². The zero-order valence-electron chi connectivity index (χ0n) is 14.7. The molecule has 1 fully saturated rings. The minimum atomic E-state index is -1.44. The molecule has 7 nitrogen and oxygen atoms in total. The van der Waals surface area contributed by atoms with E-state index in [1.807, 2.05) is 17.5 Å². The van der Waals surface area contributed by atoms with Crippen LogP contribution in [-0.4, -0.2) is 51.5 Å². The molecule has 2 aliphatic rings. The van der Waals surface area contributed by atoms with Gasteiger partial charge in [-0.3, -0.25) is 14.5 Å². The zero-order chi connectivity index (χ0) is 18.8. The summed E-state index contributed by atoms with van der Waals surface area (Å²) in [7, 11) is 0. The van der Waals surface area contributed by atoms with Gasteiger partial charge >= 0.3 is 29.6 Å². The van der Waals surface area contributed by atoms with Crippen LogP contribution in [0.4, 0.5) is 0 Å². The van der Waals surface area contributed by atoms with Crippen LogP contribution in [0, 0.1) is 0 Å². The molecule has 1 saturated heterocycles. The maximum absolute atomic E-state index is 12.4. The van der Waals surface area contributed by atoms with Crippen LogP contribution in [0.3, 0.4) is 0 Å². The normalized spacial score (nSPS) is 20.9. The molecule has 3 rings (SSSR count).